The molecule has 0 unspecified atom stereocenters. The number of nitrogens with one attached hydrogen (secondary N) is 3. The molecule has 0 saturated heterocycles. The molecular formula is C20H29N5O3. The summed E-state index contributed by atoms with van der Waals surface area (Å²) in [5.74, 6) is -1.75. The maximum atomic E-state index is 12.1. The van der Waals surface area contributed by atoms with Crippen LogP contribution >= 0.6 is 0 Å². The highest BCUT2D eigenvalue weighted by Gasteiger charge is 2.20. The van der Waals surface area contributed by atoms with Gasteiger partial charge in [-0.05, 0) is 44.0 Å². The van der Waals surface area contributed by atoms with Gasteiger partial charge in [0.15, 0.2) is 0 Å². The Kier molecular flexibility index (Phi) is 7.98. The molecule has 1 aromatic rings. The summed E-state index contributed by atoms with van der Waals surface area (Å²) in [6, 6.07) is 7.50. The lowest BCUT2D eigenvalue weighted by atomic mass is 9.95. The summed E-state index contributed by atoms with van der Waals surface area (Å²) in [5.41, 5.74) is 4.33. The van der Waals surface area contributed by atoms with Gasteiger partial charge in [0, 0.05) is 37.2 Å². The minimum Gasteiger partial charge on any atom is -0.378 e. The summed E-state index contributed by atoms with van der Waals surface area (Å²) in [4.78, 5) is 37.8. The fourth-order valence-electron chi connectivity index (χ4n) is 3.01. The predicted molar refractivity (Wildman–Crippen MR) is 110 cm³/mol. The summed E-state index contributed by atoms with van der Waals surface area (Å²) >= 11 is 0. The van der Waals surface area contributed by atoms with Crippen LogP contribution in [0, 0.1) is 0 Å². The first-order chi connectivity index (χ1) is 13.3. The molecule has 1 aliphatic rings. The summed E-state index contributed by atoms with van der Waals surface area (Å²) in [6.07, 6.45) is 5.12. The van der Waals surface area contributed by atoms with Crippen LogP contribution in [0.1, 0.15) is 45.4 Å². The highest BCUT2D eigenvalue weighted by Crippen LogP contribution is 2.17. The number of anilines is 2. The van der Waals surface area contributed by atoms with Gasteiger partial charge < -0.3 is 15.5 Å². The zero-order chi connectivity index (χ0) is 20.5. The van der Waals surface area contributed by atoms with Gasteiger partial charge in [0.2, 0.25) is 5.91 Å². The third-order valence-electron chi connectivity index (χ3n) is 4.58. The van der Waals surface area contributed by atoms with Gasteiger partial charge in [-0.1, -0.05) is 19.3 Å². The van der Waals surface area contributed by atoms with Gasteiger partial charge in [-0.2, -0.15) is 5.10 Å². The Morgan fingerprint density at radius 1 is 1.04 bits per heavy atom. The zero-order valence-electron chi connectivity index (χ0n) is 16.7. The second kappa shape index (κ2) is 10.4. The number of amides is 3. The summed E-state index contributed by atoms with van der Waals surface area (Å²) in [6.45, 7) is 1.62. The van der Waals surface area contributed by atoms with E-state index in [0.29, 0.717) is 11.4 Å². The first-order valence-corrected chi connectivity index (χ1v) is 9.56. The SMILES string of the molecule is C/C(CC(=O)Nc1ccc(N(C)C)cc1)=N\NC(=O)C(=O)NC1CCCCC1. The van der Waals surface area contributed by atoms with Crippen molar-refractivity contribution >= 4 is 34.8 Å². The maximum absolute atomic E-state index is 12.1. The molecule has 8 nitrogen and oxygen atoms in total. The zero-order valence-corrected chi connectivity index (χ0v) is 16.7. The first kappa shape index (κ1) is 21.4. The lowest BCUT2D eigenvalue weighted by Crippen LogP contribution is -2.44. The van der Waals surface area contributed by atoms with Crippen LogP contribution in [0.2, 0.25) is 0 Å². The minimum absolute atomic E-state index is 0.0138. The molecule has 0 heterocycles. The van der Waals surface area contributed by atoms with E-state index in [1.165, 1.54) is 6.42 Å². The molecule has 3 N–H and O–H groups in total. The molecular weight excluding hydrogens is 358 g/mol. The van der Waals surface area contributed by atoms with E-state index in [2.05, 4.69) is 21.2 Å². The maximum Gasteiger partial charge on any atom is 0.329 e. The molecule has 1 fully saturated rings. The Morgan fingerprint density at radius 3 is 2.29 bits per heavy atom. The molecule has 3 amide bonds. The van der Waals surface area contributed by atoms with Gasteiger partial charge in [-0.3, -0.25) is 14.4 Å². The monoisotopic (exact) mass is 387 g/mol. The van der Waals surface area contributed by atoms with Gasteiger partial charge in [-0.15, -0.1) is 0 Å². The van der Waals surface area contributed by atoms with Gasteiger partial charge in [0.1, 0.15) is 0 Å². The molecule has 1 aromatic carbocycles. The highest BCUT2D eigenvalue weighted by molar-refractivity contribution is 6.35. The molecule has 28 heavy (non-hydrogen) atoms. The number of hydrogen-bond acceptors (Lipinski definition) is 5. The molecule has 0 aromatic heterocycles. The van der Waals surface area contributed by atoms with E-state index < -0.39 is 11.8 Å². The Bertz CT molecular complexity index is 722. The van der Waals surface area contributed by atoms with Gasteiger partial charge in [0.05, 0.1) is 6.42 Å². The fourth-order valence-corrected chi connectivity index (χ4v) is 3.01. The van der Waals surface area contributed by atoms with Crippen molar-refractivity contribution < 1.29 is 14.4 Å². The lowest BCUT2D eigenvalue weighted by Gasteiger charge is -2.22. The normalized spacial score (nSPS) is 14.9. The number of hydrazone groups is 1. The highest BCUT2D eigenvalue weighted by atomic mass is 16.2. The molecule has 0 atom stereocenters. The summed E-state index contributed by atoms with van der Waals surface area (Å²) in [7, 11) is 3.88. The van der Waals surface area contributed by atoms with Crippen LogP contribution in [0.3, 0.4) is 0 Å². The lowest BCUT2D eigenvalue weighted by molar-refractivity contribution is -0.139. The average molecular weight is 387 g/mol. The number of hydrogen-bond donors (Lipinski definition) is 3. The fraction of sp³-hybridized carbons (Fsp3) is 0.500. The van der Waals surface area contributed by atoms with Crippen LogP contribution in [-0.2, 0) is 14.4 Å². The van der Waals surface area contributed by atoms with Crippen LogP contribution in [0.25, 0.3) is 0 Å². The van der Waals surface area contributed by atoms with Crippen molar-refractivity contribution in [1.82, 2.24) is 10.7 Å². The molecule has 0 bridgehead atoms. The van der Waals surface area contributed by atoms with Gasteiger partial charge >= 0.3 is 11.8 Å². The number of carbonyl (C=O) groups excluding carboxylic acids is 3. The first-order valence-electron chi connectivity index (χ1n) is 9.56. The second-order valence-corrected chi connectivity index (χ2v) is 7.26. The van der Waals surface area contributed by atoms with Crippen LogP contribution < -0.4 is 21.0 Å². The standard InChI is InChI=1S/C20H29N5O3/c1-14(13-18(26)21-16-9-11-17(12-10-16)25(2)3)23-24-20(28)19(27)22-15-7-5-4-6-8-15/h9-12,15H,4-8,13H2,1-3H3,(H,21,26)(H,22,27)(H,24,28)/b23-14+. The number of rotatable bonds is 6. The van der Waals surface area contributed by atoms with Crippen LogP contribution in [-0.4, -0.2) is 43.6 Å². The van der Waals surface area contributed by atoms with E-state index in [1.54, 1.807) is 6.92 Å². The van der Waals surface area contributed by atoms with E-state index in [0.717, 1.165) is 31.4 Å². The summed E-state index contributed by atoms with van der Waals surface area (Å²) < 4.78 is 0. The third kappa shape index (κ3) is 7.02. The van der Waals surface area contributed by atoms with Crippen molar-refractivity contribution in [3.8, 4) is 0 Å². The van der Waals surface area contributed by atoms with Crippen molar-refractivity contribution in [3.05, 3.63) is 24.3 Å². The van der Waals surface area contributed by atoms with Crippen LogP contribution in [0.4, 0.5) is 11.4 Å². The van der Waals surface area contributed by atoms with Crippen molar-refractivity contribution in [3.63, 3.8) is 0 Å². The second-order valence-electron chi connectivity index (χ2n) is 7.26. The number of benzene rings is 1. The van der Waals surface area contributed by atoms with Crippen LogP contribution in [0.5, 0.6) is 0 Å². The Balaban J connectivity index is 1.76. The van der Waals surface area contributed by atoms with Crippen molar-refractivity contribution in [2.45, 2.75) is 51.5 Å². The van der Waals surface area contributed by atoms with E-state index in [-0.39, 0.29) is 18.4 Å². The van der Waals surface area contributed by atoms with Crippen molar-refractivity contribution in [1.29, 1.82) is 0 Å². The summed E-state index contributed by atoms with van der Waals surface area (Å²) in [5, 5.41) is 9.34. The Morgan fingerprint density at radius 2 is 1.68 bits per heavy atom. The largest absolute Gasteiger partial charge is 0.378 e. The predicted octanol–water partition coefficient (Wildman–Crippen LogP) is 2.02. The van der Waals surface area contributed by atoms with E-state index >= 15 is 0 Å². The van der Waals surface area contributed by atoms with Crippen molar-refractivity contribution in [2.24, 2.45) is 5.10 Å². The number of carbonyl (C=O) groups is 3. The van der Waals surface area contributed by atoms with Crippen molar-refractivity contribution in [2.75, 3.05) is 24.3 Å². The molecule has 0 radical (unpaired) electrons. The quantitative estimate of drug-likeness (QED) is 0.395. The third-order valence-corrected chi connectivity index (χ3v) is 4.58. The Labute approximate surface area is 165 Å². The smallest absolute Gasteiger partial charge is 0.329 e. The average Bonchev–Trinajstić information content (AvgIpc) is 2.67. The number of nitrogens with zero attached hydrogens (tertiary/aromatic N) is 2. The van der Waals surface area contributed by atoms with E-state index in [4.69, 9.17) is 0 Å². The molecule has 2 rings (SSSR count). The van der Waals surface area contributed by atoms with E-state index in [1.807, 2.05) is 43.3 Å². The minimum atomic E-state index is -0.815. The van der Waals surface area contributed by atoms with Gasteiger partial charge in [0.25, 0.3) is 0 Å². The Hall–Kier alpha value is -2.90. The topological polar surface area (TPSA) is 103 Å². The molecule has 0 aliphatic heterocycles. The molecule has 1 aliphatic carbocycles. The van der Waals surface area contributed by atoms with Crippen LogP contribution in [0.15, 0.2) is 29.4 Å². The van der Waals surface area contributed by atoms with Gasteiger partial charge in [-0.25, -0.2) is 5.43 Å². The molecule has 1 saturated carbocycles. The molecule has 0 spiro atoms. The molecule has 152 valence electrons. The van der Waals surface area contributed by atoms with E-state index in [9.17, 15) is 14.4 Å². The molecule has 8 heteroatoms.